The van der Waals surface area contributed by atoms with Gasteiger partial charge < -0.3 is 20.9 Å². The van der Waals surface area contributed by atoms with Gasteiger partial charge in [-0.25, -0.2) is 0 Å². The molecule has 174 valence electrons. The van der Waals surface area contributed by atoms with Crippen LogP contribution in [-0.4, -0.2) is 13.2 Å². The Kier molecular flexibility index (Phi) is 8.98. The third kappa shape index (κ3) is 5.72. The van der Waals surface area contributed by atoms with E-state index in [4.69, 9.17) is 20.9 Å². The van der Waals surface area contributed by atoms with E-state index in [2.05, 4.69) is 12.1 Å². The van der Waals surface area contributed by atoms with E-state index in [1.165, 1.54) is 23.5 Å². The molecule has 0 spiro atoms. The molecule has 6 nitrogen and oxygen atoms in total. The van der Waals surface area contributed by atoms with Gasteiger partial charge in [-0.3, -0.25) is 0 Å². The summed E-state index contributed by atoms with van der Waals surface area (Å²) >= 11 is 2.84. The minimum Gasteiger partial charge on any atom is -0.491 e. The van der Waals surface area contributed by atoms with Crippen LogP contribution in [0.15, 0.2) is 68.1 Å². The predicted molar refractivity (Wildman–Crippen MR) is 137 cm³/mol. The number of para-hydroxylation sites is 1. The molecule has 0 heterocycles. The summed E-state index contributed by atoms with van der Waals surface area (Å²) < 4.78 is 12.2. The first-order valence-electron chi connectivity index (χ1n) is 10.9. The summed E-state index contributed by atoms with van der Waals surface area (Å²) in [6.45, 7) is 4.78. The van der Waals surface area contributed by atoms with Crippen LogP contribution in [0.2, 0.25) is 0 Å². The van der Waals surface area contributed by atoms with Gasteiger partial charge in [0.1, 0.15) is 23.3 Å². The van der Waals surface area contributed by atoms with Crippen LogP contribution in [0.4, 0.5) is 11.4 Å². The minimum atomic E-state index is 0.167. The number of hydrogen-bond donors (Lipinski definition) is 2. The van der Waals surface area contributed by atoms with Crippen molar-refractivity contribution < 1.29 is 9.47 Å². The molecule has 3 rings (SSSR count). The molecule has 3 aromatic rings. The topological polar surface area (TPSA) is 118 Å². The first kappa shape index (κ1) is 25.2. The standard InChI is InChI=1S/C26H26N4O2S2/c1-3-13-31-23-19(15-27)20(16-28)24(32-14-4-2)26(34-22-8-6-5-7-21(22)30)25(23)33-18-11-9-17(29)10-12-18/h5-12H,3-4,13-14,29-30H2,1-2H3. The van der Waals surface area contributed by atoms with Gasteiger partial charge in [-0.1, -0.05) is 49.5 Å². The van der Waals surface area contributed by atoms with Crippen LogP contribution in [0, 0.1) is 22.7 Å². The first-order chi connectivity index (χ1) is 16.5. The summed E-state index contributed by atoms with van der Waals surface area (Å²) in [7, 11) is 0. The molecule has 0 amide bonds. The van der Waals surface area contributed by atoms with E-state index in [-0.39, 0.29) is 11.1 Å². The van der Waals surface area contributed by atoms with Crippen LogP contribution in [0.25, 0.3) is 0 Å². The highest BCUT2D eigenvalue weighted by Gasteiger charge is 2.28. The Morgan fingerprint density at radius 1 is 0.765 bits per heavy atom. The maximum absolute atomic E-state index is 10.0. The van der Waals surface area contributed by atoms with Gasteiger partial charge in [0.15, 0.2) is 11.5 Å². The second-order valence-corrected chi connectivity index (χ2v) is 9.43. The zero-order chi connectivity index (χ0) is 24.5. The van der Waals surface area contributed by atoms with E-state index >= 15 is 0 Å². The lowest BCUT2D eigenvalue weighted by Gasteiger charge is -2.22. The van der Waals surface area contributed by atoms with Crippen LogP contribution >= 0.6 is 23.5 Å². The van der Waals surface area contributed by atoms with E-state index in [0.717, 1.165) is 22.6 Å². The number of benzene rings is 3. The summed E-state index contributed by atoms with van der Waals surface area (Å²) in [6, 6.07) is 19.3. The molecule has 0 bridgehead atoms. The van der Waals surface area contributed by atoms with Crippen LogP contribution in [0.5, 0.6) is 11.5 Å². The molecule has 4 N–H and O–H groups in total. The van der Waals surface area contributed by atoms with E-state index in [0.29, 0.717) is 45.9 Å². The van der Waals surface area contributed by atoms with Gasteiger partial charge in [-0.2, -0.15) is 10.5 Å². The number of anilines is 2. The lowest BCUT2D eigenvalue weighted by molar-refractivity contribution is 0.293. The van der Waals surface area contributed by atoms with Crippen LogP contribution in [0.1, 0.15) is 37.8 Å². The molecule has 0 aliphatic carbocycles. The number of hydrogen-bond acceptors (Lipinski definition) is 8. The summed E-state index contributed by atoms with van der Waals surface area (Å²) in [5.41, 5.74) is 13.7. The lowest BCUT2D eigenvalue weighted by atomic mass is 10.1. The number of nitrogen functional groups attached to an aromatic ring is 2. The van der Waals surface area contributed by atoms with Crippen molar-refractivity contribution in [1.29, 1.82) is 10.5 Å². The Bertz CT molecular complexity index is 1230. The fourth-order valence-corrected chi connectivity index (χ4v) is 5.27. The van der Waals surface area contributed by atoms with Crippen LogP contribution in [0.3, 0.4) is 0 Å². The van der Waals surface area contributed by atoms with Gasteiger partial charge in [-0.05, 0) is 49.2 Å². The predicted octanol–water partition coefficient (Wildman–Crippen LogP) is 6.47. The van der Waals surface area contributed by atoms with Gasteiger partial charge in [0.05, 0.1) is 23.0 Å². The van der Waals surface area contributed by atoms with Crippen molar-refractivity contribution in [3.8, 4) is 23.6 Å². The molecule has 0 aliphatic rings. The van der Waals surface area contributed by atoms with Gasteiger partial charge >= 0.3 is 0 Å². The molecule has 0 atom stereocenters. The van der Waals surface area contributed by atoms with E-state index in [9.17, 15) is 10.5 Å². The van der Waals surface area contributed by atoms with Crippen LogP contribution in [-0.2, 0) is 0 Å². The molecule has 34 heavy (non-hydrogen) atoms. The minimum absolute atomic E-state index is 0.167. The Hall–Kier alpha value is -3.46. The van der Waals surface area contributed by atoms with Crippen molar-refractivity contribution in [2.24, 2.45) is 0 Å². The number of nitrogens with zero attached hydrogens (tertiary/aromatic N) is 2. The summed E-state index contributed by atoms with van der Waals surface area (Å²) in [4.78, 5) is 3.12. The average molecular weight is 491 g/mol. The second-order valence-electron chi connectivity index (χ2n) is 7.30. The molecule has 0 radical (unpaired) electrons. The van der Waals surface area contributed by atoms with E-state index in [1.807, 2.05) is 62.4 Å². The highest BCUT2D eigenvalue weighted by atomic mass is 32.2. The quantitative estimate of drug-likeness (QED) is 0.310. The Morgan fingerprint density at radius 3 is 1.79 bits per heavy atom. The van der Waals surface area contributed by atoms with E-state index in [1.54, 1.807) is 0 Å². The molecule has 0 aliphatic heterocycles. The van der Waals surface area contributed by atoms with Crippen molar-refractivity contribution in [2.45, 2.75) is 46.3 Å². The first-order valence-corrected chi connectivity index (χ1v) is 12.5. The molecular formula is C26H26N4O2S2. The molecule has 8 heteroatoms. The molecule has 0 saturated heterocycles. The number of ether oxygens (including phenoxy) is 2. The van der Waals surface area contributed by atoms with Crippen molar-refractivity contribution in [1.82, 2.24) is 0 Å². The highest BCUT2D eigenvalue weighted by Crippen LogP contribution is 2.52. The van der Waals surface area contributed by atoms with Crippen molar-refractivity contribution in [3.63, 3.8) is 0 Å². The number of nitrogens with two attached hydrogens (primary N) is 2. The van der Waals surface area contributed by atoms with Crippen LogP contribution < -0.4 is 20.9 Å². The Labute approximate surface area is 208 Å². The Balaban J connectivity index is 2.33. The fraction of sp³-hybridized carbons (Fsp3) is 0.231. The fourth-order valence-electron chi connectivity index (χ4n) is 3.08. The van der Waals surface area contributed by atoms with Crippen molar-refractivity contribution >= 4 is 34.9 Å². The van der Waals surface area contributed by atoms with Crippen molar-refractivity contribution in [2.75, 3.05) is 24.7 Å². The molecule has 0 aromatic heterocycles. The van der Waals surface area contributed by atoms with Gasteiger partial charge in [-0.15, -0.1) is 0 Å². The van der Waals surface area contributed by atoms with Gasteiger partial charge in [0.25, 0.3) is 0 Å². The third-order valence-electron chi connectivity index (χ3n) is 4.68. The third-order valence-corrected chi connectivity index (χ3v) is 7.09. The molecule has 0 saturated carbocycles. The average Bonchev–Trinajstić information content (AvgIpc) is 2.85. The number of rotatable bonds is 10. The lowest BCUT2D eigenvalue weighted by Crippen LogP contribution is -2.07. The smallest absolute Gasteiger partial charge is 0.153 e. The largest absolute Gasteiger partial charge is 0.491 e. The maximum Gasteiger partial charge on any atom is 0.153 e. The maximum atomic E-state index is 10.0. The molecule has 0 fully saturated rings. The monoisotopic (exact) mass is 490 g/mol. The zero-order valence-corrected chi connectivity index (χ0v) is 20.8. The molecular weight excluding hydrogens is 464 g/mol. The second kappa shape index (κ2) is 12.1. The van der Waals surface area contributed by atoms with Gasteiger partial charge in [0, 0.05) is 21.2 Å². The summed E-state index contributed by atoms with van der Waals surface area (Å²) in [5.74, 6) is 0.750. The molecule has 0 unspecified atom stereocenters. The number of nitriles is 2. The Morgan fingerprint density at radius 2 is 1.29 bits per heavy atom. The van der Waals surface area contributed by atoms with Crippen molar-refractivity contribution in [3.05, 3.63) is 59.7 Å². The van der Waals surface area contributed by atoms with Gasteiger partial charge in [0.2, 0.25) is 0 Å². The SMILES string of the molecule is CCCOc1c(C#N)c(C#N)c(OCCC)c(Sc2ccccc2N)c1Sc1ccc(N)cc1. The zero-order valence-electron chi connectivity index (χ0n) is 19.1. The summed E-state index contributed by atoms with van der Waals surface area (Å²) in [5, 5.41) is 20.1. The van der Waals surface area contributed by atoms with E-state index < -0.39 is 0 Å². The highest BCUT2D eigenvalue weighted by molar-refractivity contribution is 8.02. The normalized spacial score (nSPS) is 10.4. The summed E-state index contributed by atoms with van der Waals surface area (Å²) in [6.07, 6.45) is 1.50. The molecule has 3 aromatic carbocycles.